The monoisotopic (exact) mass is 473 g/mol. The van der Waals surface area contributed by atoms with Crippen LogP contribution in [0.25, 0.3) is 0 Å². The third-order valence-corrected chi connectivity index (χ3v) is 5.81. The van der Waals surface area contributed by atoms with Crippen molar-refractivity contribution in [2.45, 2.75) is 37.6 Å². The molecule has 2 aromatic carbocycles. The Morgan fingerprint density at radius 1 is 1.27 bits per heavy atom. The summed E-state index contributed by atoms with van der Waals surface area (Å²) < 4.78 is 28.8. The summed E-state index contributed by atoms with van der Waals surface area (Å²) in [6, 6.07) is 9.64. The third kappa shape index (κ3) is 5.71. The van der Waals surface area contributed by atoms with Crippen molar-refractivity contribution >= 4 is 33.7 Å². The van der Waals surface area contributed by atoms with Crippen molar-refractivity contribution in [3.8, 4) is 5.75 Å². The molecule has 0 saturated heterocycles. The molecule has 12 heteroatoms. The molecule has 0 atom stereocenters. The number of carbonyl (C=O) groups excluding carboxylic acids is 1. The molecular formula is C21H23N5O6S. The molecule has 0 aromatic heterocycles. The molecule has 2 N–H and O–H groups in total. The molecule has 1 aliphatic heterocycles. The maximum absolute atomic E-state index is 12.5. The number of fused-ring (bicyclic) bond motifs is 1. The lowest BCUT2D eigenvalue weighted by Gasteiger charge is -2.22. The minimum Gasteiger partial charge on any atom is -0.507 e. The Morgan fingerprint density at radius 2 is 1.97 bits per heavy atom. The number of nitrogens with zero attached hydrogens (tertiary/aromatic N) is 4. The number of amidine groups is 1. The second-order valence-corrected chi connectivity index (χ2v) is 9.87. The van der Waals surface area contributed by atoms with Crippen LogP contribution in [0.2, 0.25) is 0 Å². The third-order valence-electron chi connectivity index (χ3n) is 4.48. The number of hydrogen-bond donors (Lipinski definition) is 2. The Morgan fingerprint density at radius 3 is 2.64 bits per heavy atom. The average Bonchev–Trinajstić information content (AvgIpc) is 2.99. The molecule has 0 bridgehead atoms. The smallest absolute Gasteiger partial charge is 0.285 e. The molecule has 1 heterocycles. The van der Waals surface area contributed by atoms with Crippen LogP contribution in [0, 0.1) is 10.1 Å². The number of amides is 1. The van der Waals surface area contributed by atoms with E-state index in [0.29, 0.717) is 5.56 Å². The zero-order valence-corrected chi connectivity index (χ0v) is 19.0. The molecule has 1 aliphatic rings. The van der Waals surface area contributed by atoms with Crippen LogP contribution in [0.15, 0.2) is 56.9 Å². The van der Waals surface area contributed by atoms with E-state index in [1.54, 1.807) is 18.2 Å². The lowest BCUT2D eigenvalue weighted by molar-refractivity contribution is -0.384. The van der Waals surface area contributed by atoms with Crippen LogP contribution in [-0.4, -0.2) is 53.5 Å². The van der Waals surface area contributed by atoms with Gasteiger partial charge < -0.3 is 10.4 Å². The topological polar surface area (TPSA) is 155 Å². The lowest BCUT2D eigenvalue weighted by atomic mass is 10.1. The SMILES string of the molecule is CC(C)(C)NC(=O)CCN(/N=C/c1cc([N+](=O)[O-])ccc1O)C1=NS(=O)(=O)c2ccccc21. The highest BCUT2D eigenvalue weighted by molar-refractivity contribution is 7.90. The molecule has 0 aliphatic carbocycles. The molecule has 1 amide bonds. The standard InChI is InChI=1S/C21H23N5O6S/c1-21(2,3)23-19(28)10-11-25(20-16-6-4-5-7-18(16)33(31,32)24-20)22-13-14-12-15(26(29)30)8-9-17(14)27/h4-9,12-13,27H,10-11H2,1-3H3,(H,23,28)/b22-13+. The number of sulfonamides is 1. The Bertz CT molecular complexity index is 1260. The molecule has 0 spiro atoms. The predicted molar refractivity (Wildman–Crippen MR) is 122 cm³/mol. The van der Waals surface area contributed by atoms with Crippen LogP contribution in [-0.2, 0) is 14.8 Å². The van der Waals surface area contributed by atoms with Gasteiger partial charge in [0.25, 0.3) is 15.7 Å². The van der Waals surface area contributed by atoms with E-state index in [2.05, 4.69) is 14.8 Å². The first-order chi connectivity index (χ1) is 15.4. The molecule has 33 heavy (non-hydrogen) atoms. The second-order valence-electron chi connectivity index (χ2n) is 8.30. The van der Waals surface area contributed by atoms with E-state index in [1.165, 1.54) is 11.1 Å². The van der Waals surface area contributed by atoms with Gasteiger partial charge in [0, 0.05) is 35.2 Å². The van der Waals surface area contributed by atoms with Gasteiger partial charge in [0.2, 0.25) is 5.91 Å². The van der Waals surface area contributed by atoms with Gasteiger partial charge in [0.1, 0.15) is 10.6 Å². The fraction of sp³-hybridized carbons (Fsp3) is 0.286. The summed E-state index contributed by atoms with van der Waals surface area (Å²) in [6.45, 7) is 5.46. The van der Waals surface area contributed by atoms with E-state index >= 15 is 0 Å². The number of hydrazone groups is 1. The van der Waals surface area contributed by atoms with Crippen molar-refractivity contribution < 1.29 is 23.2 Å². The van der Waals surface area contributed by atoms with Crippen molar-refractivity contribution in [1.29, 1.82) is 0 Å². The van der Waals surface area contributed by atoms with Gasteiger partial charge >= 0.3 is 0 Å². The van der Waals surface area contributed by atoms with Crippen LogP contribution in [0.1, 0.15) is 38.3 Å². The minimum absolute atomic E-state index is 0.00956. The fourth-order valence-electron chi connectivity index (χ4n) is 3.07. The number of aromatic hydroxyl groups is 1. The largest absolute Gasteiger partial charge is 0.507 e. The molecule has 0 saturated carbocycles. The van der Waals surface area contributed by atoms with Gasteiger partial charge in [-0.05, 0) is 39.0 Å². The molecular weight excluding hydrogens is 450 g/mol. The summed E-state index contributed by atoms with van der Waals surface area (Å²) in [6.07, 6.45) is 1.12. The lowest BCUT2D eigenvalue weighted by Crippen LogP contribution is -2.42. The number of phenols is 1. The molecule has 3 rings (SSSR count). The summed E-state index contributed by atoms with van der Waals surface area (Å²) in [7, 11) is -3.94. The summed E-state index contributed by atoms with van der Waals surface area (Å²) in [4.78, 5) is 22.8. The number of hydrogen-bond acceptors (Lipinski definition) is 8. The zero-order valence-electron chi connectivity index (χ0n) is 18.2. The highest BCUT2D eigenvalue weighted by atomic mass is 32.2. The van der Waals surface area contributed by atoms with Crippen molar-refractivity contribution in [2.75, 3.05) is 6.54 Å². The predicted octanol–water partition coefficient (Wildman–Crippen LogP) is 2.39. The van der Waals surface area contributed by atoms with Crippen molar-refractivity contribution in [1.82, 2.24) is 10.3 Å². The number of nitrogens with one attached hydrogen (secondary N) is 1. The van der Waals surface area contributed by atoms with Gasteiger partial charge in [-0.1, -0.05) is 12.1 Å². The summed E-state index contributed by atoms with van der Waals surface area (Å²) in [5.41, 5.74) is -0.352. The Kier molecular flexibility index (Phi) is 6.49. The van der Waals surface area contributed by atoms with Gasteiger partial charge in [0.15, 0.2) is 5.84 Å². The van der Waals surface area contributed by atoms with E-state index in [9.17, 15) is 28.4 Å². The Balaban J connectivity index is 1.97. The Labute approximate surface area is 190 Å². The summed E-state index contributed by atoms with van der Waals surface area (Å²) in [5, 5.41) is 29.4. The number of benzene rings is 2. The normalized spacial score (nSPS) is 14.6. The Hall–Kier alpha value is -3.80. The minimum atomic E-state index is -3.94. The van der Waals surface area contributed by atoms with Crippen LogP contribution in [0.4, 0.5) is 5.69 Å². The summed E-state index contributed by atoms with van der Waals surface area (Å²) in [5.74, 6) is -0.526. The molecule has 0 unspecified atom stereocenters. The average molecular weight is 474 g/mol. The second kappa shape index (κ2) is 8.98. The molecule has 11 nitrogen and oxygen atoms in total. The fourth-order valence-corrected chi connectivity index (χ4v) is 4.28. The van der Waals surface area contributed by atoms with Crippen molar-refractivity contribution in [3.05, 3.63) is 63.7 Å². The molecule has 174 valence electrons. The maximum atomic E-state index is 12.5. The molecule has 0 fully saturated rings. The van der Waals surface area contributed by atoms with Gasteiger partial charge in [-0.25, -0.2) is 5.01 Å². The zero-order chi connectivity index (χ0) is 24.4. The highest BCUT2D eigenvalue weighted by Gasteiger charge is 2.32. The van der Waals surface area contributed by atoms with Gasteiger partial charge in [-0.2, -0.15) is 13.5 Å². The maximum Gasteiger partial charge on any atom is 0.285 e. The summed E-state index contributed by atoms with van der Waals surface area (Å²) >= 11 is 0. The van der Waals surface area contributed by atoms with E-state index in [0.717, 1.165) is 24.4 Å². The van der Waals surface area contributed by atoms with Gasteiger partial charge in [-0.15, -0.1) is 4.40 Å². The first kappa shape index (κ1) is 23.9. The number of nitro groups is 1. The van der Waals surface area contributed by atoms with Crippen LogP contribution in [0.5, 0.6) is 5.75 Å². The number of rotatable bonds is 6. The first-order valence-electron chi connectivity index (χ1n) is 9.92. The van der Waals surface area contributed by atoms with Crippen LogP contribution >= 0.6 is 0 Å². The quantitative estimate of drug-likeness (QED) is 0.371. The van der Waals surface area contributed by atoms with E-state index in [-0.39, 0.29) is 46.6 Å². The van der Waals surface area contributed by atoms with Crippen LogP contribution in [0.3, 0.4) is 0 Å². The molecule has 2 aromatic rings. The van der Waals surface area contributed by atoms with Gasteiger partial charge in [0.05, 0.1) is 17.7 Å². The first-order valence-corrected chi connectivity index (χ1v) is 11.4. The van der Waals surface area contributed by atoms with E-state index in [4.69, 9.17) is 0 Å². The number of nitro benzene ring substituents is 1. The van der Waals surface area contributed by atoms with Crippen molar-refractivity contribution in [3.63, 3.8) is 0 Å². The number of phenolic OH excluding ortho intramolecular Hbond substituents is 1. The van der Waals surface area contributed by atoms with E-state index < -0.39 is 20.5 Å². The number of non-ortho nitro benzene ring substituents is 1. The van der Waals surface area contributed by atoms with Crippen LogP contribution < -0.4 is 5.32 Å². The van der Waals surface area contributed by atoms with Gasteiger partial charge in [-0.3, -0.25) is 14.9 Å². The van der Waals surface area contributed by atoms with Crippen molar-refractivity contribution in [2.24, 2.45) is 9.50 Å². The molecule has 0 radical (unpaired) electrons. The highest BCUT2D eigenvalue weighted by Crippen LogP contribution is 2.28. The number of carbonyl (C=O) groups is 1. The van der Waals surface area contributed by atoms with E-state index in [1.807, 2.05) is 20.8 Å².